The molecule has 0 aliphatic rings. The lowest BCUT2D eigenvalue weighted by Crippen LogP contribution is -1.95. The number of nitrogens with zero attached hydrogens (tertiary/aromatic N) is 2. The van der Waals surface area contributed by atoms with E-state index in [-0.39, 0.29) is 0 Å². The van der Waals surface area contributed by atoms with Gasteiger partial charge in [-0.2, -0.15) is 0 Å². The van der Waals surface area contributed by atoms with Crippen LogP contribution in [0, 0.1) is 0 Å². The van der Waals surface area contributed by atoms with E-state index >= 15 is 0 Å². The number of fused-ring (bicyclic) bond motifs is 1. The zero-order chi connectivity index (χ0) is 23.5. The third-order valence-electron chi connectivity index (χ3n) is 6.03. The van der Waals surface area contributed by atoms with Crippen LogP contribution >= 0.6 is 0 Å². The van der Waals surface area contributed by atoms with E-state index < -0.39 is 0 Å². The van der Waals surface area contributed by atoms with Crippen LogP contribution in [0.2, 0.25) is 0 Å². The highest BCUT2D eigenvalue weighted by molar-refractivity contribution is 5.95. The molecule has 2 N–H and O–H groups in total. The first-order valence-corrected chi connectivity index (χ1v) is 11.1. The first-order chi connectivity index (χ1) is 16.7. The molecule has 34 heavy (non-hydrogen) atoms. The second kappa shape index (κ2) is 9.33. The maximum atomic E-state index is 5.72. The molecule has 0 aliphatic heterocycles. The van der Waals surface area contributed by atoms with Gasteiger partial charge in [-0.25, -0.2) is 9.97 Å². The number of hydrogen-bond donors (Lipinski definition) is 1. The standard InChI is InChI=1S/C29H25N3O2/c1-33-27-14-12-24(16-28(27)34-2)23-11-13-26-25(15-23)29(32-18-31-26)22-9-7-21(8-10-22)20-5-3-19(17-30)4-6-20/h3-16,18H,17,30H2,1-2H3. The van der Waals surface area contributed by atoms with Gasteiger partial charge in [0.25, 0.3) is 0 Å². The second-order valence-electron chi connectivity index (χ2n) is 8.00. The summed E-state index contributed by atoms with van der Waals surface area (Å²) in [7, 11) is 3.28. The highest BCUT2D eigenvalue weighted by atomic mass is 16.5. The van der Waals surface area contributed by atoms with Gasteiger partial charge >= 0.3 is 0 Å². The topological polar surface area (TPSA) is 70.3 Å². The Morgan fingerprint density at radius 1 is 0.618 bits per heavy atom. The van der Waals surface area contributed by atoms with Crippen molar-refractivity contribution in [1.29, 1.82) is 0 Å². The van der Waals surface area contributed by atoms with E-state index in [9.17, 15) is 0 Å². The first kappa shape index (κ1) is 21.6. The maximum Gasteiger partial charge on any atom is 0.161 e. The Bertz CT molecular complexity index is 1450. The molecule has 0 bridgehead atoms. The molecule has 0 atom stereocenters. The average Bonchev–Trinajstić information content (AvgIpc) is 2.92. The third-order valence-corrected chi connectivity index (χ3v) is 6.03. The van der Waals surface area contributed by atoms with Crippen LogP contribution in [0.25, 0.3) is 44.4 Å². The number of ether oxygens (including phenoxy) is 2. The third kappa shape index (κ3) is 4.09. The molecule has 0 radical (unpaired) electrons. The van der Waals surface area contributed by atoms with Crippen LogP contribution in [0.3, 0.4) is 0 Å². The van der Waals surface area contributed by atoms with Crippen molar-refractivity contribution in [2.75, 3.05) is 14.2 Å². The van der Waals surface area contributed by atoms with Gasteiger partial charge in [-0.15, -0.1) is 0 Å². The fourth-order valence-corrected chi connectivity index (χ4v) is 4.14. The van der Waals surface area contributed by atoms with Crippen LogP contribution in [0.4, 0.5) is 0 Å². The van der Waals surface area contributed by atoms with E-state index in [0.717, 1.165) is 50.0 Å². The number of methoxy groups -OCH3 is 2. The summed E-state index contributed by atoms with van der Waals surface area (Å²) in [5.74, 6) is 1.40. The fourth-order valence-electron chi connectivity index (χ4n) is 4.14. The van der Waals surface area contributed by atoms with Crippen LogP contribution in [-0.2, 0) is 6.54 Å². The molecule has 5 rings (SSSR count). The number of benzene rings is 4. The van der Waals surface area contributed by atoms with Crippen molar-refractivity contribution in [2.45, 2.75) is 6.54 Å². The normalized spacial score (nSPS) is 10.9. The van der Waals surface area contributed by atoms with Crippen molar-refractivity contribution in [2.24, 2.45) is 5.73 Å². The predicted molar refractivity (Wildman–Crippen MR) is 137 cm³/mol. The quantitative estimate of drug-likeness (QED) is 0.340. The van der Waals surface area contributed by atoms with Gasteiger partial charge in [0.05, 0.1) is 25.4 Å². The minimum Gasteiger partial charge on any atom is -0.493 e. The Balaban J connectivity index is 1.54. The van der Waals surface area contributed by atoms with Gasteiger partial charge in [-0.1, -0.05) is 60.7 Å². The van der Waals surface area contributed by atoms with Crippen molar-refractivity contribution >= 4 is 10.9 Å². The molecule has 0 saturated heterocycles. The molecule has 5 aromatic rings. The zero-order valence-corrected chi connectivity index (χ0v) is 19.2. The van der Waals surface area contributed by atoms with Crippen LogP contribution in [-0.4, -0.2) is 24.2 Å². The maximum absolute atomic E-state index is 5.72. The Morgan fingerprint density at radius 3 is 1.88 bits per heavy atom. The lowest BCUT2D eigenvalue weighted by Gasteiger charge is -2.11. The molecule has 5 nitrogen and oxygen atoms in total. The van der Waals surface area contributed by atoms with Crippen LogP contribution in [0.15, 0.2) is 91.3 Å². The van der Waals surface area contributed by atoms with Crippen molar-refractivity contribution in [3.63, 3.8) is 0 Å². The summed E-state index contributed by atoms with van der Waals surface area (Å²) < 4.78 is 10.9. The summed E-state index contributed by atoms with van der Waals surface area (Å²) in [5.41, 5.74) is 14.1. The molecule has 0 aliphatic carbocycles. The summed E-state index contributed by atoms with van der Waals surface area (Å²) in [4.78, 5) is 9.11. The molecule has 4 aromatic carbocycles. The van der Waals surface area contributed by atoms with E-state index in [4.69, 9.17) is 15.2 Å². The minimum atomic E-state index is 0.547. The minimum absolute atomic E-state index is 0.547. The van der Waals surface area contributed by atoms with Gasteiger partial charge in [0.1, 0.15) is 6.33 Å². The Labute approximate surface area is 198 Å². The van der Waals surface area contributed by atoms with Crippen molar-refractivity contribution in [3.05, 3.63) is 96.8 Å². The molecule has 5 heteroatoms. The molecule has 1 heterocycles. The van der Waals surface area contributed by atoms with Gasteiger partial charge in [0.15, 0.2) is 11.5 Å². The molecule has 0 unspecified atom stereocenters. The molecule has 0 saturated carbocycles. The summed E-state index contributed by atoms with van der Waals surface area (Å²) in [5, 5.41) is 0.995. The molecule has 1 aromatic heterocycles. The van der Waals surface area contributed by atoms with E-state index in [1.54, 1.807) is 20.5 Å². The van der Waals surface area contributed by atoms with Gasteiger partial charge in [0, 0.05) is 17.5 Å². The van der Waals surface area contributed by atoms with Crippen molar-refractivity contribution in [1.82, 2.24) is 9.97 Å². The molecule has 0 spiro atoms. The second-order valence-corrected chi connectivity index (χ2v) is 8.00. The molecule has 0 fully saturated rings. The van der Waals surface area contributed by atoms with Crippen LogP contribution in [0.1, 0.15) is 5.56 Å². The summed E-state index contributed by atoms with van der Waals surface area (Å²) in [6.45, 7) is 0.547. The van der Waals surface area contributed by atoms with Gasteiger partial charge < -0.3 is 15.2 Å². The monoisotopic (exact) mass is 447 g/mol. The van der Waals surface area contributed by atoms with Gasteiger partial charge in [-0.3, -0.25) is 0 Å². The van der Waals surface area contributed by atoms with Crippen LogP contribution < -0.4 is 15.2 Å². The van der Waals surface area contributed by atoms with E-state index in [2.05, 4.69) is 70.6 Å². The van der Waals surface area contributed by atoms with Crippen molar-refractivity contribution < 1.29 is 9.47 Å². The number of rotatable bonds is 6. The fraction of sp³-hybridized carbons (Fsp3) is 0.103. The van der Waals surface area contributed by atoms with E-state index in [1.807, 2.05) is 24.3 Å². The van der Waals surface area contributed by atoms with Crippen LogP contribution in [0.5, 0.6) is 11.5 Å². The van der Waals surface area contributed by atoms with Gasteiger partial charge in [-0.05, 0) is 52.1 Å². The van der Waals surface area contributed by atoms with Crippen molar-refractivity contribution in [3.8, 4) is 45.0 Å². The SMILES string of the molecule is COc1ccc(-c2ccc3ncnc(-c4ccc(-c5ccc(CN)cc5)cc4)c3c2)cc1OC. The first-order valence-electron chi connectivity index (χ1n) is 11.1. The summed E-state index contributed by atoms with van der Waals surface area (Å²) in [6, 6.07) is 28.9. The summed E-state index contributed by atoms with van der Waals surface area (Å²) in [6.07, 6.45) is 1.62. The highest BCUT2D eigenvalue weighted by Crippen LogP contribution is 2.35. The molecular weight excluding hydrogens is 422 g/mol. The Morgan fingerprint density at radius 2 is 1.21 bits per heavy atom. The number of nitrogens with two attached hydrogens (primary N) is 1. The van der Waals surface area contributed by atoms with E-state index in [0.29, 0.717) is 18.0 Å². The number of hydrogen-bond acceptors (Lipinski definition) is 5. The lowest BCUT2D eigenvalue weighted by molar-refractivity contribution is 0.355. The largest absolute Gasteiger partial charge is 0.493 e. The predicted octanol–water partition coefficient (Wildman–Crippen LogP) is 6.11. The molecular formula is C29H25N3O2. The summed E-state index contributed by atoms with van der Waals surface area (Å²) >= 11 is 0. The van der Waals surface area contributed by atoms with Gasteiger partial charge in [0.2, 0.25) is 0 Å². The smallest absolute Gasteiger partial charge is 0.161 e. The molecule has 168 valence electrons. The highest BCUT2D eigenvalue weighted by Gasteiger charge is 2.11. The number of aromatic nitrogens is 2. The van der Waals surface area contributed by atoms with E-state index in [1.165, 1.54) is 0 Å². The Kier molecular flexibility index (Phi) is 5.93. The lowest BCUT2D eigenvalue weighted by atomic mass is 9.98. The average molecular weight is 448 g/mol. The Hall–Kier alpha value is -4.22. The molecule has 0 amide bonds. The zero-order valence-electron chi connectivity index (χ0n) is 19.2.